The number of halogens is 1. The third kappa shape index (κ3) is 2.95. The lowest BCUT2D eigenvalue weighted by Crippen LogP contribution is -2.48. The highest BCUT2D eigenvalue weighted by Crippen LogP contribution is 2.44. The van der Waals surface area contributed by atoms with E-state index in [1.54, 1.807) is 13.8 Å². The average Bonchev–Trinajstić information content (AvgIpc) is 3.01. The molecular weight excluding hydrogens is 366 g/mol. The second kappa shape index (κ2) is 6.36. The predicted octanol–water partition coefficient (Wildman–Crippen LogP) is 1.23. The lowest BCUT2D eigenvalue weighted by molar-refractivity contribution is -0.184. The predicted molar refractivity (Wildman–Crippen MR) is 90.1 cm³/mol. The van der Waals surface area contributed by atoms with Crippen LogP contribution in [0.25, 0.3) is 11.2 Å². The third-order valence-electron chi connectivity index (χ3n) is 4.16. The van der Waals surface area contributed by atoms with Crippen LogP contribution < -0.4 is 5.73 Å². The molecule has 2 aromatic rings. The van der Waals surface area contributed by atoms with Crippen LogP contribution in [0.3, 0.4) is 0 Å². The molecule has 3 heterocycles. The zero-order chi connectivity index (χ0) is 19.2. The van der Waals surface area contributed by atoms with Gasteiger partial charge >= 0.3 is 11.9 Å². The molecule has 0 saturated carbocycles. The number of aromatic nitrogens is 4. The number of carbonyl (C=O) groups is 2. The van der Waals surface area contributed by atoms with E-state index in [1.165, 1.54) is 24.7 Å². The largest absolute Gasteiger partial charge is 0.455 e. The highest BCUT2D eigenvalue weighted by Gasteiger charge is 2.58. The molecule has 2 N–H and O–H groups in total. The number of hydrogen-bond acceptors (Lipinski definition) is 9. The minimum atomic E-state index is -1.32. The molecule has 1 saturated heterocycles. The molecule has 2 aromatic heterocycles. The molecule has 0 spiro atoms. The summed E-state index contributed by atoms with van der Waals surface area (Å²) in [6.45, 7) is 5.87. The number of anilines is 1. The minimum absolute atomic E-state index is 0.0616. The molecule has 3 rings (SSSR count). The number of rotatable bonds is 3. The molecule has 26 heavy (non-hydrogen) atoms. The molecule has 0 aromatic carbocycles. The van der Waals surface area contributed by atoms with Crippen molar-refractivity contribution in [3.05, 3.63) is 11.6 Å². The van der Waals surface area contributed by atoms with Crippen LogP contribution in [-0.2, 0) is 23.8 Å². The van der Waals surface area contributed by atoms with Gasteiger partial charge in [0.15, 0.2) is 29.4 Å². The van der Waals surface area contributed by atoms with Gasteiger partial charge in [-0.15, -0.1) is 0 Å². The molecule has 10 nitrogen and oxygen atoms in total. The normalized spacial score (nSPS) is 28.3. The summed E-state index contributed by atoms with van der Waals surface area (Å²) >= 11 is 5.90. The number of esters is 2. The van der Waals surface area contributed by atoms with Gasteiger partial charge in [-0.1, -0.05) is 0 Å². The van der Waals surface area contributed by atoms with Gasteiger partial charge in [-0.2, -0.15) is 9.97 Å². The van der Waals surface area contributed by atoms with Crippen LogP contribution >= 0.6 is 11.6 Å². The molecule has 0 bridgehead atoms. The van der Waals surface area contributed by atoms with E-state index in [1.807, 2.05) is 0 Å². The molecule has 0 aliphatic carbocycles. The van der Waals surface area contributed by atoms with E-state index in [9.17, 15) is 9.59 Å². The maximum atomic E-state index is 11.7. The fourth-order valence-electron chi connectivity index (χ4n) is 3.25. The summed E-state index contributed by atoms with van der Waals surface area (Å²) in [4.78, 5) is 35.4. The van der Waals surface area contributed by atoms with Crippen molar-refractivity contribution in [2.75, 3.05) is 5.73 Å². The van der Waals surface area contributed by atoms with Gasteiger partial charge in [0.25, 0.3) is 0 Å². The van der Waals surface area contributed by atoms with Crippen LogP contribution in [-0.4, -0.2) is 49.3 Å². The first-order valence-corrected chi connectivity index (χ1v) is 8.19. The summed E-state index contributed by atoms with van der Waals surface area (Å²) in [5, 5.41) is -0.0616. The number of nitrogen functional groups attached to an aromatic ring is 1. The van der Waals surface area contributed by atoms with Crippen molar-refractivity contribution in [2.45, 2.75) is 51.7 Å². The van der Waals surface area contributed by atoms with E-state index in [0.717, 1.165) is 0 Å². The Kier molecular flexibility index (Phi) is 4.49. The molecule has 11 heteroatoms. The van der Waals surface area contributed by atoms with Gasteiger partial charge < -0.3 is 19.9 Å². The van der Waals surface area contributed by atoms with Gasteiger partial charge in [-0.3, -0.25) is 14.2 Å². The van der Waals surface area contributed by atoms with Crippen molar-refractivity contribution >= 4 is 40.5 Å². The Morgan fingerprint density at radius 1 is 1.35 bits per heavy atom. The monoisotopic (exact) mass is 383 g/mol. The summed E-state index contributed by atoms with van der Waals surface area (Å²) in [6.07, 6.45) is -0.830. The van der Waals surface area contributed by atoms with Crippen molar-refractivity contribution in [2.24, 2.45) is 0 Å². The maximum Gasteiger partial charge on any atom is 0.303 e. The van der Waals surface area contributed by atoms with Gasteiger partial charge in [0.2, 0.25) is 5.28 Å². The molecule has 0 unspecified atom stereocenters. The first-order valence-electron chi connectivity index (χ1n) is 7.81. The smallest absolute Gasteiger partial charge is 0.303 e. The fraction of sp³-hybridized carbons (Fsp3) is 0.533. The van der Waals surface area contributed by atoms with E-state index in [2.05, 4.69) is 15.0 Å². The summed E-state index contributed by atoms with van der Waals surface area (Å²) in [5.74, 6) is -0.964. The Hall–Kier alpha value is -2.46. The van der Waals surface area contributed by atoms with Crippen LogP contribution in [0.5, 0.6) is 0 Å². The van der Waals surface area contributed by atoms with Crippen LogP contribution in [0.1, 0.15) is 33.9 Å². The average molecular weight is 384 g/mol. The molecule has 140 valence electrons. The first-order chi connectivity index (χ1) is 12.1. The van der Waals surface area contributed by atoms with Crippen molar-refractivity contribution < 1.29 is 23.8 Å². The second-order valence-corrected chi connectivity index (χ2v) is 6.54. The zero-order valence-corrected chi connectivity index (χ0v) is 15.4. The van der Waals surface area contributed by atoms with Gasteiger partial charge in [-0.05, 0) is 25.4 Å². The number of imidazole rings is 1. The molecule has 1 aliphatic rings. The maximum absolute atomic E-state index is 11.7. The van der Waals surface area contributed by atoms with E-state index < -0.39 is 36.0 Å². The number of nitrogens with zero attached hydrogens (tertiary/aromatic N) is 4. The Morgan fingerprint density at radius 3 is 2.65 bits per heavy atom. The topological polar surface area (TPSA) is 131 Å². The first kappa shape index (κ1) is 18.3. The molecule has 1 aliphatic heterocycles. The summed E-state index contributed by atoms with van der Waals surface area (Å²) < 4.78 is 18.4. The number of ether oxygens (including phenoxy) is 3. The standard InChI is InChI=1S/C15H18ClN5O5/c1-6-10(25-7(2)22)15(4,26-8(3)23)13(24-6)21-5-18-9-11(17)19-14(16)20-12(9)21/h5-6,10,13H,1-4H3,(H2,17,19,20)/t6-,10-,13-,15-/m1/s1. The minimum Gasteiger partial charge on any atom is -0.455 e. The Morgan fingerprint density at radius 2 is 2.04 bits per heavy atom. The van der Waals surface area contributed by atoms with Crippen LogP contribution in [0.15, 0.2) is 6.33 Å². The SMILES string of the molecule is CC(=O)O[C@@H]1[C@@H](C)O[C@@H](n2cnc3c(N)nc(Cl)nc32)[C@]1(C)OC(C)=O. The molecule has 4 atom stereocenters. The van der Waals surface area contributed by atoms with Gasteiger partial charge in [0, 0.05) is 13.8 Å². The molecule has 0 amide bonds. The summed E-state index contributed by atoms with van der Waals surface area (Å²) in [6, 6.07) is 0. The van der Waals surface area contributed by atoms with Crippen molar-refractivity contribution in [3.8, 4) is 0 Å². The Labute approximate surface area is 153 Å². The number of fused-ring (bicyclic) bond motifs is 1. The van der Waals surface area contributed by atoms with Crippen molar-refractivity contribution in [1.29, 1.82) is 0 Å². The number of hydrogen-bond donors (Lipinski definition) is 1. The third-order valence-corrected chi connectivity index (χ3v) is 4.32. The quantitative estimate of drug-likeness (QED) is 0.613. The van der Waals surface area contributed by atoms with E-state index >= 15 is 0 Å². The van der Waals surface area contributed by atoms with Crippen LogP contribution in [0.4, 0.5) is 5.82 Å². The van der Waals surface area contributed by atoms with Crippen LogP contribution in [0.2, 0.25) is 5.28 Å². The highest BCUT2D eigenvalue weighted by atomic mass is 35.5. The van der Waals surface area contributed by atoms with Gasteiger partial charge in [0.1, 0.15) is 5.52 Å². The van der Waals surface area contributed by atoms with E-state index in [-0.39, 0.29) is 11.1 Å². The Bertz CT molecular complexity index is 887. The van der Waals surface area contributed by atoms with E-state index in [0.29, 0.717) is 11.2 Å². The molecule has 0 radical (unpaired) electrons. The van der Waals surface area contributed by atoms with Gasteiger partial charge in [0.05, 0.1) is 12.4 Å². The van der Waals surface area contributed by atoms with E-state index in [4.69, 9.17) is 31.5 Å². The Balaban J connectivity index is 2.13. The second-order valence-electron chi connectivity index (χ2n) is 6.20. The van der Waals surface area contributed by atoms with Crippen molar-refractivity contribution in [3.63, 3.8) is 0 Å². The number of carbonyl (C=O) groups excluding carboxylic acids is 2. The fourth-order valence-corrected chi connectivity index (χ4v) is 3.42. The highest BCUT2D eigenvalue weighted by molar-refractivity contribution is 6.28. The summed E-state index contributed by atoms with van der Waals surface area (Å²) in [5.41, 5.74) is 5.14. The number of nitrogens with two attached hydrogens (primary N) is 1. The van der Waals surface area contributed by atoms with Crippen molar-refractivity contribution in [1.82, 2.24) is 19.5 Å². The lowest BCUT2D eigenvalue weighted by Gasteiger charge is -2.33. The zero-order valence-electron chi connectivity index (χ0n) is 14.6. The van der Waals surface area contributed by atoms with Crippen LogP contribution in [0, 0.1) is 0 Å². The van der Waals surface area contributed by atoms with Gasteiger partial charge in [-0.25, -0.2) is 4.98 Å². The molecule has 1 fully saturated rings. The lowest BCUT2D eigenvalue weighted by atomic mass is 9.96. The molecular formula is C15H18ClN5O5. The summed E-state index contributed by atoms with van der Waals surface area (Å²) in [7, 11) is 0.